The zero-order valence-electron chi connectivity index (χ0n) is 16.0. The molecule has 1 N–H and O–H groups in total. The molecule has 2 saturated heterocycles. The van der Waals surface area contributed by atoms with Gasteiger partial charge in [0.25, 0.3) is 0 Å². The maximum absolute atomic E-state index is 13.0. The molecule has 2 fully saturated rings. The number of hydrogen-bond donors (Lipinski definition) is 1. The number of rotatable bonds is 5. The first-order valence-corrected chi connectivity index (χ1v) is 9.67. The molecular weight excluding hydrogens is 373 g/mol. The number of pyridine rings is 1. The summed E-state index contributed by atoms with van der Waals surface area (Å²) in [6, 6.07) is 4.21. The van der Waals surface area contributed by atoms with Crippen molar-refractivity contribution in [2.45, 2.75) is 31.5 Å². The molecule has 2 aliphatic rings. The Labute approximate surface area is 162 Å². The molecule has 28 heavy (non-hydrogen) atoms. The van der Waals surface area contributed by atoms with E-state index in [4.69, 9.17) is 5.11 Å². The highest BCUT2D eigenvalue weighted by Gasteiger charge is 2.36. The second-order valence-electron chi connectivity index (χ2n) is 7.71. The molecular formula is C19H27F3N4O2. The highest BCUT2D eigenvalue weighted by atomic mass is 19.4. The lowest BCUT2D eigenvalue weighted by molar-refractivity contribution is -0.141. The molecule has 0 radical (unpaired) electrons. The van der Waals surface area contributed by atoms with Crippen LogP contribution in [0.4, 0.5) is 19.0 Å². The molecule has 2 atom stereocenters. The van der Waals surface area contributed by atoms with E-state index in [1.807, 2.05) is 4.90 Å². The third-order valence-corrected chi connectivity index (χ3v) is 5.78. The quantitative estimate of drug-likeness (QED) is 0.819. The lowest BCUT2D eigenvalue weighted by Crippen LogP contribution is -2.56. The fourth-order valence-corrected chi connectivity index (χ4v) is 4.21. The molecule has 0 aliphatic carbocycles. The summed E-state index contributed by atoms with van der Waals surface area (Å²) in [5.74, 6) is -0.442. The Balaban J connectivity index is 1.74. The number of aliphatic carboxylic acids is 1. The van der Waals surface area contributed by atoms with Crippen LogP contribution in [0.3, 0.4) is 0 Å². The minimum absolute atomic E-state index is 0.0682. The molecule has 0 aromatic carbocycles. The third kappa shape index (κ3) is 5.14. The molecule has 1 aromatic rings. The Morgan fingerprint density at radius 3 is 2.57 bits per heavy atom. The lowest BCUT2D eigenvalue weighted by Gasteiger charge is -2.46. The predicted octanol–water partition coefficient (Wildman–Crippen LogP) is 2.41. The number of alkyl halides is 3. The van der Waals surface area contributed by atoms with Gasteiger partial charge in [-0.3, -0.25) is 9.69 Å². The van der Waals surface area contributed by atoms with Gasteiger partial charge in [-0.25, -0.2) is 4.98 Å². The first-order chi connectivity index (χ1) is 13.2. The molecule has 3 heterocycles. The number of likely N-dealkylation sites (N-methyl/N-ethyl adjacent to an activating group) is 1. The molecule has 9 heteroatoms. The van der Waals surface area contributed by atoms with E-state index >= 15 is 0 Å². The van der Waals surface area contributed by atoms with Crippen LogP contribution in [0.1, 0.15) is 25.0 Å². The summed E-state index contributed by atoms with van der Waals surface area (Å²) in [4.78, 5) is 21.5. The van der Waals surface area contributed by atoms with Crippen LogP contribution < -0.4 is 4.90 Å². The molecule has 0 bridgehead atoms. The second kappa shape index (κ2) is 8.65. The fourth-order valence-electron chi connectivity index (χ4n) is 4.21. The summed E-state index contributed by atoms with van der Waals surface area (Å²) >= 11 is 0. The summed E-state index contributed by atoms with van der Waals surface area (Å²) in [6.07, 6.45) is -3.09. The number of anilines is 1. The van der Waals surface area contributed by atoms with Crippen LogP contribution in [0, 0.1) is 5.92 Å². The van der Waals surface area contributed by atoms with Gasteiger partial charge in [0, 0.05) is 51.7 Å². The number of carboxylic acids is 1. The highest BCUT2D eigenvalue weighted by Crippen LogP contribution is 2.32. The second-order valence-corrected chi connectivity index (χ2v) is 7.71. The van der Waals surface area contributed by atoms with Crippen LogP contribution in [0.2, 0.25) is 0 Å². The van der Waals surface area contributed by atoms with Crippen LogP contribution in [-0.4, -0.2) is 78.2 Å². The van der Waals surface area contributed by atoms with Crippen molar-refractivity contribution >= 4 is 11.8 Å². The highest BCUT2D eigenvalue weighted by molar-refractivity contribution is 5.66. The topological polar surface area (TPSA) is 59.9 Å². The average Bonchev–Trinajstić information content (AvgIpc) is 2.66. The fraction of sp³-hybridized carbons (Fsp3) is 0.684. The normalized spacial score (nSPS) is 25.1. The van der Waals surface area contributed by atoms with Crippen molar-refractivity contribution in [1.82, 2.24) is 14.8 Å². The van der Waals surface area contributed by atoms with Gasteiger partial charge in [0.1, 0.15) is 11.5 Å². The molecule has 6 nitrogen and oxygen atoms in total. The van der Waals surface area contributed by atoms with Gasteiger partial charge in [-0.2, -0.15) is 13.2 Å². The molecule has 2 aliphatic heterocycles. The van der Waals surface area contributed by atoms with Gasteiger partial charge in [0.05, 0.1) is 0 Å². The minimum atomic E-state index is -4.48. The van der Waals surface area contributed by atoms with E-state index in [9.17, 15) is 18.0 Å². The standard InChI is InChI=1S/C19H27F3N4O2/c1-24-9-11-25(12-10-24)15-7-8-26(13-14(15)5-6-18(27)28)17-4-2-3-16(23-17)19(20,21)22/h2-4,14-15H,5-13H2,1H3,(H,27,28)/t14-,15+/m0/s1. The molecule has 0 unspecified atom stereocenters. The van der Waals surface area contributed by atoms with Gasteiger partial charge >= 0.3 is 12.1 Å². The summed E-state index contributed by atoms with van der Waals surface area (Å²) in [6.45, 7) is 4.97. The number of piperazine rings is 1. The first-order valence-electron chi connectivity index (χ1n) is 9.67. The summed E-state index contributed by atoms with van der Waals surface area (Å²) in [5, 5.41) is 9.11. The van der Waals surface area contributed by atoms with Crippen LogP contribution in [0.15, 0.2) is 18.2 Å². The van der Waals surface area contributed by atoms with Crippen LogP contribution in [0.5, 0.6) is 0 Å². The summed E-state index contributed by atoms with van der Waals surface area (Å²) < 4.78 is 39.0. The molecule has 0 saturated carbocycles. The Morgan fingerprint density at radius 1 is 1.21 bits per heavy atom. The Morgan fingerprint density at radius 2 is 1.93 bits per heavy atom. The number of hydrogen-bond acceptors (Lipinski definition) is 5. The Kier molecular flexibility index (Phi) is 6.44. The maximum atomic E-state index is 13.0. The lowest BCUT2D eigenvalue weighted by atomic mass is 9.86. The number of piperidine rings is 1. The van der Waals surface area contributed by atoms with E-state index in [0.717, 1.165) is 38.7 Å². The van der Waals surface area contributed by atoms with Gasteiger partial charge in [0.15, 0.2) is 0 Å². The van der Waals surface area contributed by atoms with Crippen molar-refractivity contribution in [1.29, 1.82) is 0 Å². The Bertz CT molecular complexity index is 677. The van der Waals surface area contributed by atoms with Gasteiger partial charge in [-0.15, -0.1) is 0 Å². The summed E-state index contributed by atoms with van der Waals surface area (Å²) in [7, 11) is 2.08. The molecule has 0 amide bonds. The van der Waals surface area contributed by atoms with E-state index in [1.54, 1.807) is 6.07 Å². The van der Waals surface area contributed by atoms with Crippen LogP contribution in [0.25, 0.3) is 0 Å². The molecule has 156 valence electrons. The number of carbonyl (C=O) groups is 1. The largest absolute Gasteiger partial charge is 0.481 e. The van der Waals surface area contributed by atoms with Crippen molar-refractivity contribution in [3.8, 4) is 0 Å². The number of halogens is 3. The summed E-state index contributed by atoms with van der Waals surface area (Å²) in [5.41, 5.74) is -0.895. The van der Waals surface area contributed by atoms with E-state index in [0.29, 0.717) is 25.3 Å². The van der Waals surface area contributed by atoms with Gasteiger partial charge in [-0.05, 0) is 37.9 Å². The molecule has 3 rings (SSSR count). The van der Waals surface area contributed by atoms with E-state index < -0.39 is 17.8 Å². The number of carboxylic acid groups (broad SMARTS) is 1. The first kappa shape index (κ1) is 20.9. The van der Waals surface area contributed by atoms with Gasteiger partial charge in [0.2, 0.25) is 0 Å². The van der Waals surface area contributed by atoms with E-state index in [-0.39, 0.29) is 18.4 Å². The minimum Gasteiger partial charge on any atom is -0.481 e. The van der Waals surface area contributed by atoms with Crippen molar-refractivity contribution < 1.29 is 23.1 Å². The molecule has 1 aromatic heterocycles. The maximum Gasteiger partial charge on any atom is 0.433 e. The Hall–Kier alpha value is -1.87. The van der Waals surface area contributed by atoms with E-state index in [1.165, 1.54) is 6.07 Å². The van der Waals surface area contributed by atoms with Crippen molar-refractivity contribution in [2.75, 3.05) is 51.2 Å². The predicted molar refractivity (Wildman–Crippen MR) is 99.3 cm³/mol. The van der Waals surface area contributed by atoms with Crippen LogP contribution >= 0.6 is 0 Å². The van der Waals surface area contributed by atoms with Gasteiger partial charge < -0.3 is 14.9 Å². The average molecular weight is 400 g/mol. The van der Waals surface area contributed by atoms with Crippen molar-refractivity contribution in [3.05, 3.63) is 23.9 Å². The number of aromatic nitrogens is 1. The zero-order chi connectivity index (χ0) is 20.3. The number of nitrogens with zero attached hydrogens (tertiary/aromatic N) is 4. The van der Waals surface area contributed by atoms with Crippen LogP contribution in [-0.2, 0) is 11.0 Å². The van der Waals surface area contributed by atoms with Crippen molar-refractivity contribution in [3.63, 3.8) is 0 Å². The third-order valence-electron chi connectivity index (χ3n) is 5.78. The monoisotopic (exact) mass is 400 g/mol. The van der Waals surface area contributed by atoms with E-state index in [2.05, 4.69) is 21.8 Å². The van der Waals surface area contributed by atoms with Gasteiger partial charge in [-0.1, -0.05) is 6.07 Å². The SMILES string of the molecule is CN1CCN([C@@H]2CCN(c3cccc(C(F)(F)F)n3)C[C@@H]2CCC(=O)O)CC1. The smallest absolute Gasteiger partial charge is 0.433 e. The molecule has 0 spiro atoms. The van der Waals surface area contributed by atoms with Crippen molar-refractivity contribution in [2.24, 2.45) is 5.92 Å². The zero-order valence-corrected chi connectivity index (χ0v) is 16.0.